The summed E-state index contributed by atoms with van der Waals surface area (Å²) >= 11 is 0. The van der Waals surface area contributed by atoms with Crippen LogP contribution in [0.5, 0.6) is 0 Å². The van der Waals surface area contributed by atoms with Crippen LogP contribution in [0, 0.1) is 0 Å². The first-order chi connectivity index (χ1) is 9.97. The fourth-order valence-electron chi connectivity index (χ4n) is 3.35. The van der Waals surface area contributed by atoms with Gasteiger partial charge in [0.15, 0.2) is 0 Å². The van der Waals surface area contributed by atoms with Crippen LogP contribution in [0.2, 0.25) is 0 Å². The number of rotatable bonds is 3. The second kappa shape index (κ2) is 5.61. The van der Waals surface area contributed by atoms with E-state index in [0.717, 1.165) is 31.6 Å². The van der Waals surface area contributed by atoms with E-state index in [2.05, 4.69) is 15.2 Å². The zero-order valence-electron chi connectivity index (χ0n) is 12.2. The van der Waals surface area contributed by atoms with Crippen LogP contribution in [0.1, 0.15) is 37.0 Å². The van der Waals surface area contributed by atoms with Crippen molar-refractivity contribution in [3.8, 4) is 0 Å². The van der Waals surface area contributed by atoms with Gasteiger partial charge in [-0.3, -0.25) is 4.90 Å². The predicted octanol–water partition coefficient (Wildman–Crippen LogP) is 2.03. The zero-order chi connectivity index (χ0) is 15.0. The van der Waals surface area contributed by atoms with Gasteiger partial charge in [0.05, 0.1) is 5.69 Å². The van der Waals surface area contributed by atoms with Crippen LogP contribution in [0.3, 0.4) is 0 Å². The molecule has 0 bridgehead atoms. The Labute approximate surface area is 122 Å². The summed E-state index contributed by atoms with van der Waals surface area (Å²) in [5, 5.41) is 3.09. The van der Waals surface area contributed by atoms with E-state index in [1.807, 2.05) is 6.92 Å². The summed E-state index contributed by atoms with van der Waals surface area (Å²) in [6.45, 7) is 5.51. The lowest BCUT2D eigenvalue weighted by Gasteiger charge is -2.26. The molecule has 0 aliphatic carbocycles. The van der Waals surface area contributed by atoms with Crippen LogP contribution in [0.4, 0.5) is 13.2 Å². The SMILES string of the molecule is CC(Cn1c(C(F)(F)F)nc2c1CCNC2)N1CCCC1. The Morgan fingerprint density at radius 1 is 1.29 bits per heavy atom. The first-order valence-electron chi connectivity index (χ1n) is 7.57. The molecule has 0 saturated carbocycles. The molecule has 118 valence electrons. The van der Waals surface area contributed by atoms with Gasteiger partial charge in [-0.1, -0.05) is 0 Å². The molecule has 1 aromatic heterocycles. The summed E-state index contributed by atoms with van der Waals surface area (Å²) in [6.07, 6.45) is -1.49. The van der Waals surface area contributed by atoms with Gasteiger partial charge in [-0.2, -0.15) is 13.2 Å². The standard InChI is InChI=1S/C14H21F3N4/c1-10(20-6-2-3-7-20)9-21-12-4-5-18-8-11(12)19-13(21)14(15,16)17/h10,18H,2-9H2,1H3. The molecule has 1 unspecified atom stereocenters. The van der Waals surface area contributed by atoms with E-state index >= 15 is 0 Å². The van der Waals surface area contributed by atoms with Gasteiger partial charge in [0, 0.05) is 37.8 Å². The monoisotopic (exact) mass is 302 g/mol. The Balaban J connectivity index is 1.89. The Morgan fingerprint density at radius 2 is 2.00 bits per heavy atom. The summed E-state index contributed by atoms with van der Waals surface area (Å²) in [5.74, 6) is -0.734. The van der Waals surface area contributed by atoms with Gasteiger partial charge in [0.25, 0.3) is 0 Å². The number of imidazole rings is 1. The van der Waals surface area contributed by atoms with Crippen molar-refractivity contribution in [2.24, 2.45) is 0 Å². The Hall–Kier alpha value is -1.08. The molecule has 0 aromatic carbocycles. The number of fused-ring (bicyclic) bond motifs is 1. The number of aromatic nitrogens is 2. The summed E-state index contributed by atoms with van der Waals surface area (Å²) < 4.78 is 41.2. The van der Waals surface area contributed by atoms with E-state index < -0.39 is 12.0 Å². The van der Waals surface area contributed by atoms with Gasteiger partial charge < -0.3 is 9.88 Å². The Bertz CT molecular complexity index is 503. The van der Waals surface area contributed by atoms with Crippen molar-refractivity contribution in [1.29, 1.82) is 0 Å². The van der Waals surface area contributed by atoms with Gasteiger partial charge in [-0.25, -0.2) is 4.98 Å². The zero-order valence-corrected chi connectivity index (χ0v) is 12.2. The highest BCUT2D eigenvalue weighted by Gasteiger charge is 2.39. The summed E-state index contributed by atoms with van der Waals surface area (Å²) in [7, 11) is 0. The van der Waals surface area contributed by atoms with Crippen molar-refractivity contribution in [2.45, 2.75) is 51.5 Å². The molecule has 1 atom stereocenters. The van der Waals surface area contributed by atoms with Crippen molar-refractivity contribution >= 4 is 0 Å². The van der Waals surface area contributed by atoms with Crippen LogP contribution >= 0.6 is 0 Å². The largest absolute Gasteiger partial charge is 0.449 e. The van der Waals surface area contributed by atoms with Gasteiger partial charge in [-0.05, 0) is 32.9 Å². The van der Waals surface area contributed by atoms with Gasteiger partial charge >= 0.3 is 6.18 Å². The van der Waals surface area contributed by atoms with Crippen LogP contribution < -0.4 is 5.32 Å². The highest BCUT2D eigenvalue weighted by molar-refractivity contribution is 5.22. The lowest BCUT2D eigenvalue weighted by Crippen LogP contribution is -2.36. The minimum atomic E-state index is -4.39. The van der Waals surface area contributed by atoms with Gasteiger partial charge in [0.1, 0.15) is 0 Å². The maximum Gasteiger partial charge on any atom is 0.449 e. The molecule has 1 aromatic rings. The quantitative estimate of drug-likeness (QED) is 0.927. The third kappa shape index (κ3) is 2.94. The molecule has 0 spiro atoms. The molecule has 1 fully saturated rings. The molecule has 1 saturated heterocycles. The number of nitrogens with one attached hydrogen (secondary N) is 1. The minimum Gasteiger partial charge on any atom is -0.323 e. The van der Waals surface area contributed by atoms with E-state index in [1.165, 1.54) is 4.57 Å². The lowest BCUT2D eigenvalue weighted by atomic mass is 10.1. The number of hydrogen-bond acceptors (Lipinski definition) is 3. The fourth-order valence-corrected chi connectivity index (χ4v) is 3.35. The molecule has 0 radical (unpaired) electrons. The molecule has 1 N–H and O–H groups in total. The van der Waals surface area contributed by atoms with Crippen LogP contribution in [-0.2, 0) is 25.7 Å². The molecule has 4 nitrogen and oxygen atoms in total. The average Bonchev–Trinajstić information content (AvgIpc) is 3.06. The predicted molar refractivity (Wildman–Crippen MR) is 72.9 cm³/mol. The van der Waals surface area contributed by atoms with E-state index in [4.69, 9.17) is 0 Å². The first-order valence-corrected chi connectivity index (χ1v) is 7.57. The normalized spacial score (nSPS) is 21.5. The number of nitrogens with zero attached hydrogens (tertiary/aromatic N) is 3. The number of alkyl halides is 3. The lowest BCUT2D eigenvalue weighted by molar-refractivity contribution is -0.147. The highest BCUT2D eigenvalue weighted by Crippen LogP contribution is 2.32. The molecule has 21 heavy (non-hydrogen) atoms. The van der Waals surface area contributed by atoms with E-state index in [-0.39, 0.29) is 6.04 Å². The van der Waals surface area contributed by atoms with E-state index in [0.29, 0.717) is 31.7 Å². The van der Waals surface area contributed by atoms with Crippen molar-refractivity contribution < 1.29 is 13.2 Å². The maximum atomic E-state index is 13.2. The van der Waals surface area contributed by atoms with Crippen molar-refractivity contribution in [3.63, 3.8) is 0 Å². The third-order valence-electron chi connectivity index (χ3n) is 4.45. The van der Waals surface area contributed by atoms with Crippen LogP contribution in [0.25, 0.3) is 0 Å². The van der Waals surface area contributed by atoms with Crippen molar-refractivity contribution in [2.75, 3.05) is 19.6 Å². The van der Waals surface area contributed by atoms with Gasteiger partial charge in [0.2, 0.25) is 5.82 Å². The molecule has 0 amide bonds. The molecule has 3 rings (SSSR count). The molecule has 2 aliphatic heterocycles. The molecule has 3 heterocycles. The maximum absolute atomic E-state index is 13.2. The molecule has 2 aliphatic rings. The smallest absolute Gasteiger partial charge is 0.323 e. The summed E-state index contributed by atoms with van der Waals surface area (Å²) in [5.41, 5.74) is 1.31. The van der Waals surface area contributed by atoms with E-state index in [1.54, 1.807) is 0 Å². The highest BCUT2D eigenvalue weighted by atomic mass is 19.4. The van der Waals surface area contributed by atoms with Crippen LogP contribution in [0.15, 0.2) is 0 Å². The second-order valence-electron chi connectivity index (χ2n) is 5.96. The van der Waals surface area contributed by atoms with Crippen molar-refractivity contribution in [3.05, 3.63) is 17.2 Å². The number of likely N-dealkylation sites (tertiary alicyclic amines) is 1. The molecular weight excluding hydrogens is 281 g/mol. The van der Waals surface area contributed by atoms with Crippen molar-refractivity contribution in [1.82, 2.24) is 19.8 Å². The Morgan fingerprint density at radius 3 is 2.67 bits per heavy atom. The molecular formula is C14H21F3N4. The minimum absolute atomic E-state index is 0.113. The first kappa shape index (κ1) is 14.8. The second-order valence-corrected chi connectivity index (χ2v) is 5.96. The average molecular weight is 302 g/mol. The third-order valence-corrected chi connectivity index (χ3v) is 4.45. The summed E-state index contributed by atoms with van der Waals surface area (Å²) in [6, 6.07) is 0.113. The molecule has 7 heteroatoms. The number of hydrogen-bond donors (Lipinski definition) is 1. The van der Waals surface area contributed by atoms with Gasteiger partial charge in [-0.15, -0.1) is 0 Å². The van der Waals surface area contributed by atoms with Crippen LogP contribution in [-0.4, -0.2) is 40.1 Å². The Kier molecular flexibility index (Phi) is 3.96. The van der Waals surface area contributed by atoms with E-state index in [9.17, 15) is 13.2 Å². The number of halogens is 3. The summed E-state index contributed by atoms with van der Waals surface area (Å²) in [4.78, 5) is 6.13. The topological polar surface area (TPSA) is 33.1 Å². The fraction of sp³-hybridized carbons (Fsp3) is 0.786.